The normalized spacial score (nSPS) is 17.5. The van der Waals surface area contributed by atoms with Crippen molar-refractivity contribution in [3.8, 4) is 16.3 Å². The van der Waals surface area contributed by atoms with E-state index >= 15 is 0 Å². The second kappa shape index (κ2) is 7.48. The summed E-state index contributed by atoms with van der Waals surface area (Å²) in [7, 11) is 0. The van der Waals surface area contributed by atoms with Crippen molar-refractivity contribution in [2.24, 2.45) is 10.9 Å². The summed E-state index contributed by atoms with van der Waals surface area (Å²) in [5.41, 5.74) is 0.826. The third kappa shape index (κ3) is 4.22. The Bertz CT molecular complexity index is 888. The molecule has 8 heteroatoms. The summed E-state index contributed by atoms with van der Waals surface area (Å²) in [5.74, 6) is -0.304. The number of aliphatic hydroxyl groups is 1. The molecule has 1 aliphatic carbocycles. The van der Waals surface area contributed by atoms with Gasteiger partial charge in [0.1, 0.15) is 10.7 Å². The third-order valence-corrected chi connectivity index (χ3v) is 6.03. The van der Waals surface area contributed by atoms with Crippen molar-refractivity contribution in [2.75, 3.05) is 0 Å². The van der Waals surface area contributed by atoms with E-state index in [0.717, 1.165) is 6.42 Å². The van der Waals surface area contributed by atoms with Gasteiger partial charge in [-0.1, -0.05) is 13.8 Å². The summed E-state index contributed by atoms with van der Waals surface area (Å²) in [6, 6.07) is 1.57. The first-order valence-corrected chi connectivity index (χ1v) is 10.0. The SMILES string of the molecule is CCC(C)/C(C)=N\c1c(C)c(-c2nccs2)cc(C2(O)CC2)c1OC(F)(F)F. The molecule has 0 saturated heterocycles. The van der Waals surface area contributed by atoms with Crippen LogP contribution in [0.5, 0.6) is 5.75 Å². The molecule has 1 aromatic carbocycles. The molecule has 152 valence electrons. The molecule has 1 heterocycles. The molecule has 0 bridgehead atoms. The number of rotatable bonds is 6. The number of nitrogens with zero attached hydrogens (tertiary/aromatic N) is 2. The molecule has 1 N–H and O–H groups in total. The fourth-order valence-electron chi connectivity index (χ4n) is 2.99. The molecule has 1 saturated carbocycles. The predicted molar refractivity (Wildman–Crippen MR) is 104 cm³/mol. The van der Waals surface area contributed by atoms with E-state index in [9.17, 15) is 18.3 Å². The van der Waals surface area contributed by atoms with Gasteiger partial charge in [0.25, 0.3) is 0 Å². The third-order valence-electron chi connectivity index (χ3n) is 5.23. The average molecular weight is 412 g/mol. The Morgan fingerprint density at radius 1 is 1.43 bits per heavy atom. The molecule has 0 aliphatic heterocycles. The molecule has 28 heavy (non-hydrogen) atoms. The lowest BCUT2D eigenvalue weighted by Gasteiger charge is -2.22. The molecule has 4 nitrogen and oxygen atoms in total. The van der Waals surface area contributed by atoms with E-state index in [0.29, 0.717) is 34.7 Å². The van der Waals surface area contributed by atoms with E-state index in [2.05, 4.69) is 14.7 Å². The lowest BCUT2D eigenvalue weighted by Crippen LogP contribution is -2.21. The number of ether oxygens (including phenoxy) is 1. The largest absolute Gasteiger partial charge is 0.573 e. The van der Waals surface area contributed by atoms with Crippen molar-refractivity contribution in [1.82, 2.24) is 4.98 Å². The summed E-state index contributed by atoms with van der Waals surface area (Å²) in [5, 5.41) is 13.2. The van der Waals surface area contributed by atoms with Gasteiger partial charge < -0.3 is 9.84 Å². The molecule has 1 aliphatic rings. The fourth-order valence-corrected chi connectivity index (χ4v) is 3.70. The number of alkyl halides is 3. The highest BCUT2D eigenvalue weighted by Gasteiger charge is 2.47. The van der Waals surface area contributed by atoms with Crippen LogP contribution < -0.4 is 4.74 Å². The van der Waals surface area contributed by atoms with Gasteiger partial charge in [-0.25, -0.2) is 4.98 Å². The van der Waals surface area contributed by atoms with Crippen LogP contribution in [-0.2, 0) is 5.60 Å². The van der Waals surface area contributed by atoms with Crippen molar-refractivity contribution >= 4 is 22.7 Å². The number of hydrogen-bond acceptors (Lipinski definition) is 5. The Labute approximate surface area is 166 Å². The summed E-state index contributed by atoms with van der Waals surface area (Å²) < 4.78 is 44.1. The molecule has 1 aromatic heterocycles. The van der Waals surface area contributed by atoms with E-state index < -0.39 is 17.7 Å². The summed E-state index contributed by atoms with van der Waals surface area (Å²) in [6.07, 6.45) is -1.67. The van der Waals surface area contributed by atoms with Gasteiger partial charge in [-0.05, 0) is 50.7 Å². The lowest BCUT2D eigenvalue weighted by atomic mass is 9.96. The smallest absolute Gasteiger partial charge is 0.403 e. The van der Waals surface area contributed by atoms with Crippen LogP contribution in [-0.4, -0.2) is 22.2 Å². The van der Waals surface area contributed by atoms with Crippen molar-refractivity contribution in [3.63, 3.8) is 0 Å². The maximum Gasteiger partial charge on any atom is 0.573 e. The highest BCUT2D eigenvalue weighted by molar-refractivity contribution is 7.13. The topological polar surface area (TPSA) is 54.7 Å². The Kier molecular flexibility index (Phi) is 5.55. The van der Waals surface area contributed by atoms with Gasteiger partial charge in [0.15, 0.2) is 5.75 Å². The second-order valence-electron chi connectivity index (χ2n) is 7.25. The van der Waals surface area contributed by atoms with Gasteiger partial charge in [0, 0.05) is 28.4 Å². The number of aliphatic imine (C=N–C) groups is 1. The maximum absolute atomic E-state index is 13.2. The van der Waals surface area contributed by atoms with Crippen molar-refractivity contribution in [1.29, 1.82) is 0 Å². The van der Waals surface area contributed by atoms with E-state index in [4.69, 9.17) is 0 Å². The predicted octanol–water partition coefficient (Wildman–Crippen LogP) is 6.14. The Balaban J connectivity index is 2.30. The number of thiazole rings is 1. The Morgan fingerprint density at radius 3 is 2.61 bits per heavy atom. The molecule has 0 radical (unpaired) electrons. The van der Waals surface area contributed by atoms with Crippen LogP contribution in [0, 0.1) is 12.8 Å². The fraction of sp³-hybridized carbons (Fsp3) is 0.500. The summed E-state index contributed by atoms with van der Waals surface area (Å²) in [4.78, 5) is 8.84. The van der Waals surface area contributed by atoms with Crippen molar-refractivity contribution in [2.45, 2.75) is 58.9 Å². The molecule has 3 rings (SSSR count). The standard InChI is InChI=1S/C20H23F3N2O2S/c1-5-11(2)13(4)25-16-12(3)14(18-24-8-9-28-18)10-15(19(26)6-7-19)17(16)27-20(21,22)23/h8-11,26H,5-7H2,1-4H3/b25-13-. The molecule has 2 aromatic rings. The van der Waals surface area contributed by atoms with Crippen molar-refractivity contribution in [3.05, 3.63) is 28.8 Å². The minimum Gasteiger partial charge on any atom is -0.403 e. The van der Waals surface area contributed by atoms with Crippen molar-refractivity contribution < 1.29 is 23.0 Å². The highest BCUT2D eigenvalue weighted by atomic mass is 32.1. The van der Waals surface area contributed by atoms with Crippen LogP contribution in [0.1, 0.15) is 51.2 Å². The number of hydrogen-bond donors (Lipinski definition) is 1. The Hall–Kier alpha value is -1.93. The first-order valence-electron chi connectivity index (χ1n) is 9.17. The molecule has 0 amide bonds. The van der Waals surface area contributed by atoms with Crippen LogP contribution in [0.2, 0.25) is 0 Å². The van der Waals surface area contributed by atoms with Gasteiger partial charge in [0.05, 0.1) is 5.60 Å². The second-order valence-corrected chi connectivity index (χ2v) is 8.15. The highest BCUT2D eigenvalue weighted by Crippen LogP contribution is 2.54. The van der Waals surface area contributed by atoms with Crippen LogP contribution in [0.15, 0.2) is 22.6 Å². The van der Waals surface area contributed by atoms with E-state index in [-0.39, 0.29) is 17.2 Å². The minimum absolute atomic E-state index is 0.106. The Morgan fingerprint density at radius 2 is 2.11 bits per heavy atom. The molecular weight excluding hydrogens is 389 g/mol. The first kappa shape index (κ1) is 20.8. The quantitative estimate of drug-likeness (QED) is 0.580. The van der Waals surface area contributed by atoms with E-state index in [1.54, 1.807) is 31.5 Å². The number of benzene rings is 1. The zero-order chi connectivity index (χ0) is 20.7. The molecule has 0 spiro atoms. The van der Waals surface area contributed by atoms with Gasteiger partial charge in [-0.15, -0.1) is 24.5 Å². The lowest BCUT2D eigenvalue weighted by molar-refractivity contribution is -0.274. The summed E-state index contributed by atoms with van der Waals surface area (Å²) >= 11 is 1.38. The zero-order valence-electron chi connectivity index (χ0n) is 16.2. The van der Waals surface area contributed by atoms with Crippen LogP contribution in [0.25, 0.3) is 10.6 Å². The number of aromatic nitrogens is 1. The molecule has 1 atom stereocenters. The molecule has 1 unspecified atom stereocenters. The van der Waals surface area contributed by atoms with Crippen LogP contribution in [0.4, 0.5) is 18.9 Å². The van der Waals surface area contributed by atoms with Crippen LogP contribution in [0.3, 0.4) is 0 Å². The van der Waals surface area contributed by atoms with Gasteiger partial charge in [0.2, 0.25) is 0 Å². The van der Waals surface area contributed by atoms with E-state index in [1.165, 1.54) is 11.3 Å². The monoisotopic (exact) mass is 412 g/mol. The first-order chi connectivity index (χ1) is 13.1. The van der Waals surface area contributed by atoms with Gasteiger partial charge in [-0.3, -0.25) is 4.99 Å². The molecule has 1 fully saturated rings. The zero-order valence-corrected chi connectivity index (χ0v) is 17.0. The maximum atomic E-state index is 13.2. The summed E-state index contributed by atoms with van der Waals surface area (Å²) in [6.45, 7) is 7.47. The molecular formula is C20H23F3N2O2S. The van der Waals surface area contributed by atoms with Gasteiger partial charge >= 0.3 is 6.36 Å². The van der Waals surface area contributed by atoms with E-state index in [1.807, 2.05) is 13.8 Å². The van der Waals surface area contributed by atoms with Gasteiger partial charge in [-0.2, -0.15) is 0 Å². The van der Waals surface area contributed by atoms with Crippen LogP contribution >= 0.6 is 11.3 Å². The number of halogens is 3. The average Bonchev–Trinajstić information content (AvgIpc) is 3.14. The minimum atomic E-state index is -4.89.